The number of nitrogens with zero attached hydrogens (tertiary/aromatic N) is 7. The van der Waals surface area contributed by atoms with Crippen molar-refractivity contribution < 1.29 is 33.2 Å². The summed E-state index contributed by atoms with van der Waals surface area (Å²) in [5, 5.41) is 8.75. The molecule has 0 radical (unpaired) electrons. The van der Waals surface area contributed by atoms with Crippen molar-refractivity contribution in [2.75, 3.05) is 46.4 Å². The maximum atomic E-state index is 15.4. The van der Waals surface area contributed by atoms with Gasteiger partial charge in [0.05, 0.1) is 58.2 Å². The number of methoxy groups -OCH3 is 1. The number of cyclic esters (lactones) is 1. The number of carbonyl (C=O) groups excluding carboxylic acids is 4. The zero-order chi connectivity index (χ0) is 55.6. The number of hydrogen-bond acceptors (Lipinski definition) is 13. The number of amides is 3. The number of nitrogens with one attached hydrogen (secondary N) is 2. The van der Waals surface area contributed by atoms with E-state index in [1.54, 1.807) is 7.11 Å². The Kier molecular flexibility index (Phi) is 15.6. The Labute approximate surface area is 478 Å². The van der Waals surface area contributed by atoms with Gasteiger partial charge in [0.2, 0.25) is 11.8 Å². The maximum absolute atomic E-state index is 15.4. The van der Waals surface area contributed by atoms with Gasteiger partial charge in [-0.25, -0.2) is 10.4 Å². The first-order valence-electron chi connectivity index (χ1n) is 29.6. The second kappa shape index (κ2) is 22.5. The van der Waals surface area contributed by atoms with E-state index in [1.807, 2.05) is 59.6 Å². The van der Waals surface area contributed by atoms with Crippen molar-refractivity contribution in [3.63, 3.8) is 0 Å². The molecule has 2 aliphatic carbocycles. The van der Waals surface area contributed by atoms with Crippen LogP contribution in [-0.4, -0.2) is 139 Å². The van der Waals surface area contributed by atoms with Crippen LogP contribution < -0.4 is 10.7 Å². The number of pyridine rings is 1. The number of thiazole rings is 1. The number of hydrazine groups is 1. The molecule has 16 nitrogen and oxygen atoms in total. The lowest BCUT2D eigenvalue weighted by Gasteiger charge is -2.45. The summed E-state index contributed by atoms with van der Waals surface area (Å²) in [6, 6.07) is 15.9. The van der Waals surface area contributed by atoms with Gasteiger partial charge in [-0.15, -0.1) is 15.6 Å². The molecule has 1 spiro atoms. The van der Waals surface area contributed by atoms with E-state index in [4.69, 9.17) is 19.4 Å². The summed E-state index contributed by atoms with van der Waals surface area (Å²) >= 11 is 0.0841. The van der Waals surface area contributed by atoms with E-state index < -0.39 is 40.9 Å². The van der Waals surface area contributed by atoms with E-state index in [0.29, 0.717) is 57.9 Å². The highest BCUT2D eigenvalue weighted by atomic mass is 32.2. The average Bonchev–Trinajstić information content (AvgIpc) is 4.40. The first-order chi connectivity index (χ1) is 38.6. The quantitative estimate of drug-likeness (QED) is 0.0693. The third kappa shape index (κ3) is 10.9. The van der Waals surface area contributed by atoms with Gasteiger partial charge in [0.1, 0.15) is 12.1 Å². The van der Waals surface area contributed by atoms with E-state index in [2.05, 4.69) is 70.6 Å². The molecule has 2 unspecified atom stereocenters. The number of ether oxygens (including phenoxy) is 2. The highest BCUT2D eigenvalue weighted by Gasteiger charge is 2.67. The Morgan fingerprint density at radius 2 is 1.79 bits per heavy atom. The van der Waals surface area contributed by atoms with Crippen LogP contribution in [0.25, 0.3) is 33.4 Å². The molecule has 6 bridgehead atoms. The summed E-state index contributed by atoms with van der Waals surface area (Å²) in [7, 11) is 1.70. The first-order valence-corrected chi connectivity index (χ1v) is 31.5. The Morgan fingerprint density at radius 1 is 0.988 bits per heavy atom. The van der Waals surface area contributed by atoms with Gasteiger partial charge in [0, 0.05) is 90.7 Å². The predicted molar refractivity (Wildman–Crippen MR) is 309 cm³/mol. The molecule has 6 fully saturated rings. The van der Waals surface area contributed by atoms with Gasteiger partial charge in [0.15, 0.2) is 10.9 Å². The van der Waals surface area contributed by atoms with E-state index in [-0.39, 0.29) is 60.3 Å². The summed E-state index contributed by atoms with van der Waals surface area (Å²) < 4.78 is 30.4. The van der Waals surface area contributed by atoms with Crippen LogP contribution in [0.5, 0.6) is 0 Å². The van der Waals surface area contributed by atoms with Crippen molar-refractivity contribution in [1.29, 1.82) is 0 Å². The first kappa shape index (κ1) is 55.3. The monoisotopic (exact) mass is 1130 g/mol. The number of esters is 1. The van der Waals surface area contributed by atoms with E-state index in [1.165, 1.54) is 16.3 Å². The molecule has 4 saturated heterocycles. The molecule has 8 heterocycles. The van der Waals surface area contributed by atoms with E-state index in [0.717, 1.165) is 124 Å². The van der Waals surface area contributed by atoms with Crippen molar-refractivity contribution >= 4 is 57.3 Å². The highest BCUT2D eigenvalue weighted by molar-refractivity contribution is 7.89. The van der Waals surface area contributed by atoms with Crippen LogP contribution in [0.4, 0.5) is 0 Å². The molecule has 80 heavy (non-hydrogen) atoms. The van der Waals surface area contributed by atoms with Crippen molar-refractivity contribution in [2.24, 2.45) is 22.7 Å². The molecule has 12 rings (SSSR count). The van der Waals surface area contributed by atoms with Crippen LogP contribution in [0, 0.1) is 29.6 Å². The van der Waals surface area contributed by atoms with Gasteiger partial charge in [-0.2, -0.15) is 0 Å². The van der Waals surface area contributed by atoms with Crippen LogP contribution in [0.15, 0.2) is 71.1 Å². The summed E-state index contributed by atoms with van der Waals surface area (Å²) in [4.78, 5) is 74.5. The molecule has 9 atom stereocenters. The predicted octanol–water partition coefficient (Wildman–Crippen LogP) is 8.57. The molecule has 5 aliphatic heterocycles. The minimum absolute atomic E-state index is 0.0107. The third-order valence-corrected chi connectivity index (χ3v) is 21.1. The molecule has 2 N–H and O–H groups in total. The largest absolute Gasteiger partial charge is 0.593 e. The zero-order valence-electron chi connectivity index (χ0n) is 47.4. The topological polar surface area (TPSA) is 177 Å². The van der Waals surface area contributed by atoms with Gasteiger partial charge in [0.25, 0.3) is 5.91 Å². The fourth-order valence-electron chi connectivity index (χ4n) is 14.3. The van der Waals surface area contributed by atoms with E-state index in [9.17, 15) is 14.1 Å². The lowest BCUT2D eigenvalue weighted by molar-refractivity contribution is -0.155. The molecule has 7 aliphatic rings. The minimum atomic E-state index is -1.40. The van der Waals surface area contributed by atoms with E-state index >= 15 is 9.59 Å². The molecule has 2 aromatic carbocycles. The number of benzene rings is 2. The summed E-state index contributed by atoms with van der Waals surface area (Å²) in [5.74, 6) is -0.259. The summed E-state index contributed by atoms with van der Waals surface area (Å²) in [6.45, 7) is 14.4. The van der Waals surface area contributed by atoms with Gasteiger partial charge in [-0.3, -0.25) is 34.1 Å². The number of rotatable bonds is 12. The summed E-state index contributed by atoms with van der Waals surface area (Å²) in [6.07, 6.45) is 12.2. The van der Waals surface area contributed by atoms with Gasteiger partial charge < -0.3 is 28.8 Å². The Balaban J connectivity index is 0.827. The van der Waals surface area contributed by atoms with Crippen LogP contribution in [0.3, 0.4) is 0 Å². The second-order valence-electron chi connectivity index (χ2n) is 25.0. The van der Waals surface area contributed by atoms with Crippen LogP contribution in [-0.2, 0) is 59.4 Å². The fourth-order valence-corrected chi connectivity index (χ4v) is 16.6. The normalized spacial score (nSPS) is 27.7. The van der Waals surface area contributed by atoms with Gasteiger partial charge in [-0.1, -0.05) is 50.5 Å². The molecule has 5 aromatic rings. The fraction of sp³-hybridized carbons (Fsp3) is 0.581. The number of aryl methyl sites for hydroxylation is 2. The Morgan fingerprint density at radius 3 is 2.55 bits per heavy atom. The third-order valence-electron chi connectivity index (χ3n) is 18.7. The van der Waals surface area contributed by atoms with Crippen molar-refractivity contribution in [3.8, 4) is 22.5 Å². The lowest BCUT2D eigenvalue weighted by atomic mass is 9.78. The van der Waals surface area contributed by atoms with Crippen LogP contribution in [0.2, 0.25) is 0 Å². The van der Waals surface area contributed by atoms with Gasteiger partial charge >= 0.3 is 5.97 Å². The molecule has 3 aromatic heterocycles. The van der Waals surface area contributed by atoms with Crippen molar-refractivity contribution in [2.45, 2.75) is 166 Å². The number of piperidine rings is 1. The number of fused-ring (bicyclic) bond motifs is 6. The second-order valence-corrected chi connectivity index (χ2v) is 27.4. The standard InChI is InChI=1S/C62H79N9O7S2/c1-7-69-50-24-21-42-31-45(50)46(55(69)44-15-10-27-63-52(44)39(3)77-6)33-61(4,5)37-78-60(75)47-16-11-29-70(66-47)58(73)48(32-51-64-49(42)34-79-51)65-57(72)54(40-13-8-9-14-40)67-28-12-25-62(35-67)26-30-68(36-62)59(74)56-53(41-19-20-41)71(56)80(76)43-22-17-38(2)18-23-43/h10,15,17-18,21-24,27,31,34,39-41,47-48,53-54,56,66H,7-9,11-14,16,19-20,25-26,28-30,32-33,35-37H2,1-6H3,(H,65,72)/t39-,47-,48-,53+,54-,56+,62+,71?,80?/m0/s1. The average molecular weight is 1130 g/mol. The molecule has 18 heteroatoms. The summed E-state index contributed by atoms with van der Waals surface area (Å²) in [5.41, 5.74) is 10.6. The Bertz CT molecular complexity index is 3140. The Hall–Kier alpha value is -5.21. The van der Waals surface area contributed by atoms with Crippen LogP contribution >= 0.6 is 11.3 Å². The molecular formula is C62H79N9O7S2. The zero-order valence-corrected chi connectivity index (χ0v) is 49.0. The molecular weight excluding hydrogens is 1050 g/mol. The number of aromatic nitrogens is 3. The van der Waals surface area contributed by atoms with Crippen molar-refractivity contribution in [3.05, 3.63) is 88.0 Å². The maximum Gasteiger partial charge on any atom is 0.324 e. The highest BCUT2D eigenvalue weighted by Crippen LogP contribution is 2.52. The molecule has 3 amide bonds. The smallest absolute Gasteiger partial charge is 0.324 e. The lowest BCUT2D eigenvalue weighted by Crippen LogP contribution is -2.63. The van der Waals surface area contributed by atoms with Crippen LogP contribution in [0.1, 0.15) is 126 Å². The number of likely N-dealkylation sites (tertiary alicyclic amines) is 2. The number of hydrogen-bond donors (Lipinski definition) is 2. The van der Waals surface area contributed by atoms with Crippen molar-refractivity contribution in [1.82, 2.24) is 44.4 Å². The SMILES string of the molecule is CCn1c(-c2cccnc2[C@H](C)OC)c2c3cc(ccc31)-c1csc(n1)C[C@H](NC(=O)[C@H](C1CCCC1)N1CCC[C@@]3(CCN(C(=O)[C@H]4[C@@H](C5CC5)N4[S+]([O-])c4ccc(C)cc4)C3)C1)C(=O)N1CCC[C@H](N1)C(=O)OCC(C)(C)C2. The molecule has 2 saturated carbocycles. The van der Waals surface area contributed by atoms with Gasteiger partial charge in [-0.05, 0) is 145 Å². The molecule has 426 valence electrons. The minimum Gasteiger partial charge on any atom is -0.593 e. The number of carbonyl (C=O) groups is 4.